The lowest BCUT2D eigenvalue weighted by Crippen LogP contribution is -2.14. The highest BCUT2D eigenvalue weighted by Crippen LogP contribution is 2.24. The molecule has 6 heteroatoms. The number of amides is 1. The molecule has 0 spiro atoms. The van der Waals surface area contributed by atoms with Gasteiger partial charge in [0.05, 0.1) is 16.3 Å². The Hall–Kier alpha value is -2.60. The van der Waals surface area contributed by atoms with Crippen LogP contribution in [0.3, 0.4) is 0 Å². The first-order valence-electron chi connectivity index (χ1n) is 8.58. The zero-order chi connectivity index (χ0) is 18.8. The molecule has 3 rings (SSSR count). The lowest BCUT2D eigenvalue weighted by atomic mass is 10.2. The van der Waals surface area contributed by atoms with Gasteiger partial charge in [-0.1, -0.05) is 11.3 Å². The van der Waals surface area contributed by atoms with Crippen LogP contribution in [-0.4, -0.2) is 16.6 Å². The van der Waals surface area contributed by atoms with Crippen molar-refractivity contribution in [2.45, 2.75) is 39.8 Å². The van der Waals surface area contributed by atoms with Gasteiger partial charge in [-0.3, -0.25) is 14.2 Å². The van der Waals surface area contributed by atoms with E-state index >= 15 is 0 Å². The number of rotatable bonds is 5. The first kappa shape index (κ1) is 18.2. The minimum absolute atomic E-state index is 0.0132. The maximum Gasteiger partial charge on any atom is 0.308 e. The Labute approximate surface area is 156 Å². The van der Waals surface area contributed by atoms with Crippen molar-refractivity contribution >= 4 is 33.1 Å². The first-order chi connectivity index (χ1) is 12.3. The van der Waals surface area contributed by atoms with E-state index in [1.807, 2.05) is 45.9 Å². The highest BCUT2D eigenvalue weighted by atomic mass is 32.1. The van der Waals surface area contributed by atoms with Gasteiger partial charge in [-0.25, -0.2) is 0 Å². The van der Waals surface area contributed by atoms with E-state index in [0.29, 0.717) is 11.3 Å². The summed E-state index contributed by atoms with van der Waals surface area (Å²) in [7, 11) is 0. The molecule has 136 valence electrons. The van der Waals surface area contributed by atoms with Gasteiger partial charge in [-0.2, -0.15) is 0 Å². The number of thiazole rings is 1. The number of hydrogen-bond acceptors (Lipinski definition) is 4. The topological polar surface area (TPSA) is 60.3 Å². The molecule has 0 bridgehead atoms. The summed E-state index contributed by atoms with van der Waals surface area (Å²) in [5.74, 6) is 0.536. The molecule has 0 radical (unpaired) electrons. The Kier molecular flexibility index (Phi) is 5.13. The smallest absolute Gasteiger partial charge is 0.308 e. The van der Waals surface area contributed by atoms with Crippen LogP contribution in [0.4, 0.5) is 5.69 Å². The van der Waals surface area contributed by atoms with Crippen LogP contribution in [0.1, 0.15) is 44.1 Å². The zero-order valence-corrected chi connectivity index (χ0v) is 16.1. The molecule has 26 heavy (non-hydrogen) atoms. The van der Waals surface area contributed by atoms with Crippen molar-refractivity contribution in [2.24, 2.45) is 0 Å². The van der Waals surface area contributed by atoms with Gasteiger partial charge in [-0.05, 0) is 70.2 Å². The van der Waals surface area contributed by atoms with E-state index in [2.05, 4.69) is 5.32 Å². The molecule has 0 atom stereocenters. The van der Waals surface area contributed by atoms with Crippen molar-refractivity contribution in [1.82, 2.24) is 4.57 Å². The van der Waals surface area contributed by atoms with Crippen LogP contribution in [-0.2, 0) is 0 Å². The first-order valence-corrected chi connectivity index (χ1v) is 9.40. The summed E-state index contributed by atoms with van der Waals surface area (Å²) in [5, 5.41) is 2.88. The molecule has 1 heterocycles. The standard InChI is InChI=1S/C20H22N2O3S/c1-12(2)22-17-10-7-15(11-18(17)26-20(22)24)21-19(23)14-5-8-16(9-6-14)25-13(3)4/h5-13H,1-4H3,(H,21,23). The van der Waals surface area contributed by atoms with Crippen molar-refractivity contribution in [1.29, 1.82) is 0 Å². The van der Waals surface area contributed by atoms with Gasteiger partial charge in [0.15, 0.2) is 0 Å². The van der Waals surface area contributed by atoms with Gasteiger partial charge in [0, 0.05) is 17.3 Å². The molecule has 5 nitrogen and oxygen atoms in total. The van der Waals surface area contributed by atoms with E-state index in [-0.39, 0.29) is 22.9 Å². The number of carbonyl (C=O) groups is 1. The van der Waals surface area contributed by atoms with Gasteiger partial charge >= 0.3 is 4.87 Å². The summed E-state index contributed by atoms with van der Waals surface area (Å²) in [6.07, 6.45) is 0.0895. The Balaban J connectivity index is 1.80. The fourth-order valence-electron chi connectivity index (χ4n) is 2.76. The van der Waals surface area contributed by atoms with Crippen LogP contribution in [0, 0.1) is 0 Å². The highest BCUT2D eigenvalue weighted by molar-refractivity contribution is 7.16. The average molecular weight is 370 g/mol. The number of ether oxygens (including phenoxy) is 1. The maximum absolute atomic E-state index is 12.4. The number of anilines is 1. The largest absolute Gasteiger partial charge is 0.491 e. The molecule has 1 amide bonds. The Morgan fingerprint density at radius 1 is 1.08 bits per heavy atom. The number of aromatic nitrogens is 1. The number of nitrogens with zero attached hydrogens (tertiary/aromatic N) is 1. The van der Waals surface area contributed by atoms with Crippen molar-refractivity contribution in [2.75, 3.05) is 5.32 Å². The molecule has 0 saturated carbocycles. The van der Waals surface area contributed by atoms with Gasteiger partial charge in [0.2, 0.25) is 0 Å². The van der Waals surface area contributed by atoms with Crippen molar-refractivity contribution in [3.8, 4) is 5.75 Å². The monoisotopic (exact) mass is 370 g/mol. The molecule has 0 aliphatic rings. The number of carbonyl (C=O) groups excluding carboxylic acids is 1. The summed E-state index contributed by atoms with van der Waals surface area (Å²) in [6, 6.07) is 12.7. The SMILES string of the molecule is CC(C)Oc1ccc(C(=O)Nc2ccc3c(c2)sc(=O)n3C(C)C)cc1. The summed E-state index contributed by atoms with van der Waals surface area (Å²) < 4.78 is 8.21. The van der Waals surface area contributed by atoms with Gasteiger partial charge in [-0.15, -0.1) is 0 Å². The molecule has 0 aliphatic heterocycles. The molecule has 0 saturated heterocycles. The minimum atomic E-state index is -0.198. The molecule has 1 N–H and O–H groups in total. The van der Waals surface area contributed by atoms with Crippen LogP contribution in [0.25, 0.3) is 10.2 Å². The predicted molar refractivity (Wildman–Crippen MR) is 107 cm³/mol. The number of benzene rings is 2. The molecular formula is C20H22N2O3S. The number of fused-ring (bicyclic) bond motifs is 1. The lowest BCUT2D eigenvalue weighted by Gasteiger charge is -2.11. The van der Waals surface area contributed by atoms with Crippen molar-refractivity contribution in [3.63, 3.8) is 0 Å². The zero-order valence-electron chi connectivity index (χ0n) is 15.3. The molecule has 3 aromatic rings. The second kappa shape index (κ2) is 7.33. The second-order valence-corrected chi connectivity index (χ2v) is 7.65. The van der Waals surface area contributed by atoms with E-state index in [1.165, 1.54) is 11.3 Å². The van der Waals surface area contributed by atoms with Crippen molar-refractivity contribution < 1.29 is 9.53 Å². The summed E-state index contributed by atoms with van der Waals surface area (Å²) in [5.41, 5.74) is 2.11. The summed E-state index contributed by atoms with van der Waals surface area (Å²) in [6.45, 7) is 7.88. The quantitative estimate of drug-likeness (QED) is 0.709. The summed E-state index contributed by atoms with van der Waals surface area (Å²) >= 11 is 1.19. The molecule has 2 aromatic carbocycles. The molecule has 0 unspecified atom stereocenters. The van der Waals surface area contributed by atoms with Crippen LogP contribution >= 0.6 is 11.3 Å². The number of hydrogen-bond donors (Lipinski definition) is 1. The van der Waals surface area contributed by atoms with Crippen LogP contribution in [0.15, 0.2) is 47.3 Å². The van der Waals surface area contributed by atoms with Crippen LogP contribution in [0.2, 0.25) is 0 Å². The van der Waals surface area contributed by atoms with E-state index < -0.39 is 0 Å². The Morgan fingerprint density at radius 3 is 2.38 bits per heavy atom. The van der Waals surface area contributed by atoms with E-state index in [4.69, 9.17) is 4.74 Å². The van der Waals surface area contributed by atoms with Crippen LogP contribution < -0.4 is 14.9 Å². The molecule has 0 fully saturated rings. The maximum atomic E-state index is 12.4. The summed E-state index contributed by atoms with van der Waals surface area (Å²) in [4.78, 5) is 24.6. The van der Waals surface area contributed by atoms with Gasteiger partial charge < -0.3 is 10.1 Å². The van der Waals surface area contributed by atoms with Crippen molar-refractivity contribution in [3.05, 3.63) is 57.7 Å². The third kappa shape index (κ3) is 3.80. The fraction of sp³-hybridized carbons (Fsp3) is 0.300. The Bertz CT molecular complexity index is 984. The minimum Gasteiger partial charge on any atom is -0.491 e. The Morgan fingerprint density at radius 2 is 1.77 bits per heavy atom. The average Bonchev–Trinajstić information content (AvgIpc) is 2.90. The van der Waals surface area contributed by atoms with E-state index in [0.717, 1.165) is 16.0 Å². The van der Waals surface area contributed by atoms with Gasteiger partial charge in [0.25, 0.3) is 5.91 Å². The fourth-order valence-corrected chi connectivity index (χ4v) is 3.82. The predicted octanol–water partition coefficient (Wildman–Crippen LogP) is 4.68. The third-order valence-corrected chi connectivity index (χ3v) is 4.79. The molecule has 0 aliphatic carbocycles. The van der Waals surface area contributed by atoms with Gasteiger partial charge in [0.1, 0.15) is 5.75 Å². The van der Waals surface area contributed by atoms with E-state index in [1.54, 1.807) is 28.8 Å². The molecule has 1 aromatic heterocycles. The van der Waals surface area contributed by atoms with E-state index in [9.17, 15) is 9.59 Å². The third-order valence-electron chi connectivity index (χ3n) is 3.88. The number of nitrogens with one attached hydrogen (secondary N) is 1. The second-order valence-electron chi connectivity index (χ2n) is 6.66. The normalized spacial score (nSPS) is 11.3. The molecular weight excluding hydrogens is 348 g/mol. The highest BCUT2D eigenvalue weighted by Gasteiger charge is 2.12. The lowest BCUT2D eigenvalue weighted by molar-refractivity contribution is 0.102. The van der Waals surface area contributed by atoms with Crippen LogP contribution in [0.5, 0.6) is 5.75 Å².